The number of amides is 2. The molecule has 2 amide bonds. The number of benzene rings is 2. The highest BCUT2D eigenvalue weighted by molar-refractivity contribution is 6.31. The largest absolute Gasteiger partial charge is 0.361 e. The minimum atomic E-state index is -0.319. The van der Waals surface area contributed by atoms with Crippen molar-refractivity contribution in [3.05, 3.63) is 64.3 Å². The first-order valence-corrected chi connectivity index (χ1v) is 10.2. The maximum absolute atomic E-state index is 12.7. The lowest BCUT2D eigenvalue weighted by atomic mass is 10.1. The van der Waals surface area contributed by atoms with Gasteiger partial charge in [0, 0.05) is 47.3 Å². The molecule has 1 aliphatic rings. The van der Waals surface area contributed by atoms with Crippen molar-refractivity contribution in [2.24, 2.45) is 5.92 Å². The molecule has 1 aromatic heterocycles. The zero-order valence-corrected chi connectivity index (χ0v) is 17.3. The molecule has 0 spiro atoms. The van der Waals surface area contributed by atoms with Crippen molar-refractivity contribution < 1.29 is 9.59 Å². The first-order valence-electron chi connectivity index (χ1n) is 9.82. The molecule has 150 valence electrons. The van der Waals surface area contributed by atoms with Crippen molar-refractivity contribution in [3.63, 3.8) is 0 Å². The number of nitrogens with one attached hydrogen (secondary N) is 2. The zero-order valence-electron chi connectivity index (χ0n) is 16.6. The van der Waals surface area contributed by atoms with E-state index in [2.05, 4.69) is 10.3 Å². The third kappa shape index (κ3) is 4.15. The molecular formula is C23H24ClN3O2. The van der Waals surface area contributed by atoms with Crippen molar-refractivity contribution in [2.45, 2.75) is 26.7 Å². The SMILES string of the molecule is Cc1ccc(NC(=O)[C@H]2CC(=O)N(CCc3c[nH]c4ccc(Cl)cc34)C2)c(C)c1. The minimum Gasteiger partial charge on any atom is -0.361 e. The Bertz CT molecular complexity index is 1090. The van der Waals surface area contributed by atoms with Gasteiger partial charge in [-0.3, -0.25) is 9.59 Å². The number of aryl methyl sites for hydroxylation is 2. The molecule has 1 fully saturated rings. The van der Waals surface area contributed by atoms with Crippen LogP contribution in [0, 0.1) is 19.8 Å². The first kappa shape index (κ1) is 19.5. The Labute approximate surface area is 175 Å². The summed E-state index contributed by atoms with van der Waals surface area (Å²) in [7, 11) is 0. The van der Waals surface area contributed by atoms with Gasteiger partial charge in [0.1, 0.15) is 0 Å². The van der Waals surface area contributed by atoms with Crippen molar-refractivity contribution in [3.8, 4) is 0 Å². The van der Waals surface area contributed by atoms with Crippen LogP contribution in [-0.4, -0.2) is 34.8 Å². The summed E-state index contributed by atoms with van der Waals surface area (Å²) in [4.78, 5) is 30.2. The van der Waals surface area contributed by atoms with Gasteiger partial charge < -0.3 is 15.2 Å². The fourth-order valence-corrected chi connectivity index (χ4v) is 4.14. The van der Waals surface area contributed by atoms with Crippen molar-refractivity contribution in [1.82, 2.24) is 9.88 Å². The van der Waals surface area contributed by atoms with E-state index in [9.17, 15) is 9.59 Å². The number of fused-ring (bicyclic) bond motifs is 1. The van der Waals surface area contributed by atoms with Crippen LogP contribution in [0.1, 0.15) is 23.1 Å². The Morgan fingerprint density at radius 2 is 2.07 bits per heavy atom. The standard InChI is InChI=1S/C23H24ClN3O2/c1-14-3-5-20(15(2)9-14)26-23(29)17-10-22(28)27(13-17)8-7-16-12-25-21-6-4-18(24)11-19(16)21/h3-6,9,11-12,17,25H,7-8,10,13H2,1-2H3,(H,26,29)/t17-/m0/s1. The summed E-state index contributed by atoms with van der Waals surface area (Å²) in [6.45, 7) is 5.04. The molecule has 0 radical (unpaired) electrons. The number of H-pyrrole nitrogens is 1. The molecular weight excluding hydrogens is 386 g/mol. The van der Waals surface area contributed by atoms with Crippen LogP contribution < -0.4 is 5.32 Å². The van der Waals surface area contributed by atoms with Crippen LogP contribution in [0.15, 0.2) is 42.6 Å². The fourth-order valence-electron chi connectivity index (χ4n) is 3.97. The summed E-state index contributed by atoms with van der Waals surface area (Å²) in [6.07, 6.45) is 2.94. The fraction of sp³-hybridized carbons (Fsp3) is 0.304. The summed E-state index contributed by atoms with van der Waals surface area (Å²) >= 11 is 6.12. The van der Waals surface area contributed by atoms with E-state index >= 15 is 0 Å². The molecule has 2 aromatic carbocycles. The highest BCUT2D eigenvalue weighted by Crippen LogP contribution is 2.25. The van der Waals surface area contributed by atoms with Gasteiger partial charge in [0.15, 0.2) is 0 Å². The number of nitrogens with zero attached hydrogens (tertiary/aromatic N) is 1. The molecule has 29 heavy (non-hydrogen) atoms. The summed E-state index contributed by atoms with van der Waals surface area (Å²) in [5.74, 6) is -0.379. The number of aromatic nitrogens is 1. The number of halogens is 1. The van der Waals surface area contributed by atoms with Gasteiger partial charge >= 0.3 is 0 Å². The second kappa shape index (κ2) is 7.91. The van der Waals surface area contributed by atoms with E-state index in [1.807, 2.05) is 56.4 Å². The van der Waals surface area contributed by atoms with Gasteiger partial charge in [-0.1, -0.05) is 29.3 Å². The monoisotopic (exact) mass is 409 g/mol. The third-order valence-corrected chi connectivity index (χ3v) is 5.84. The molecule has 0 bridgehead atoms. The van der Waals surface area contributed by atoms with E-state index < -0.39 is 0 Å². The van der Waals surface area contributed by atoms with E-state index in [1.165, 1.54) is 0 Å². The number of hydrogen-bond donors (Lipinski definition) is 2. The molecule has 3 aromatic rings. The van der Waals surface area contributed by atoms with Gasteiger partial charge in [0.2, 0.25) is 11.8 Å². The van der Waals surface area contributed by atoms with E-state index in [1.54, 1.807) is 4.90 Å². The van der Waals surface area contributed by atoms with Gasteiger partial charge in [-0.05, 0) is 55.7 Å². The van der Waals surface area contributed by atoms with Crippen LogP contribution >= 0.6 is 11.6 Å². The average molecular weight is 410 g/mol. The number of hydrogen-bond acceptors (Lipinski definition) is 2. The maximum Gasteiger partial charge on any atom is 0.229 e. The smallest absolute Gasteiger partial charge is 0.229 e. The third-order valence-electron chi connectivity index (χ3n) is 5.61. The van der Waals surface area contributed by atoms with E-state index in [0.29, 0.717) is 18.1 Å². The lowest BCUT2D eigenvalue weighted by molar-refractivity contribution is -0.128. The predicted molar refractivity (Wildman–Crippen MR) is 116 cm³/mol. The van der Waals surface area contributed by atoms with E-state index in [-0.39, 0.29) is 24.2 Å². The lowest BCUT2D eigenvalue weighted by Gasteiger charge is -2.17. The van der Waals surface area contributed by atoms with Gasteiger partial charge in [-0.25, -0.2) is 0 Å². The Hall–Kier alpha value is -2.79. The average Bonchev–Trinajstić information content (AvgIpc) is 3.25. The second-order valence-corrected chi connectivity index (χ2v) is 8.24. The van der Waals surface area contributed by atoms with Crippen molar-refractivity contribution >= 4 is 40.0 Å². The molecule has 1 aliphatic heterocycles. The summed E-state index contributed by atoms with van der Waals surface area (Å²) in [6, 6.07) is 11.7. The molecule has 6 heteroatoms. The lowest BCUT2D eigenvalue weighted by Crippen LogP contribution is -2.30. The quantitative estimate of drug-likeness (QED) is 0.653. The molecule has 0 unspecified atom stereocenters. The molecule has 1 atom stereocenters. The minimum absolute atomic E-state index is 0.0312. The maximum atomic E-state index is 12.7. The van der Waals surface area contributed by atoms with Gasteiger partial charge in [0.25, 0.3) is 0 Å². The number of carbonyl (C=O) groups excluding carboxylic acids is 2. The zero-order chi connectivity index (χ0) is 20.5. The molecule has 4 rings (SSSR count). The second-order valence-electron chi connectivity index (χ2n) is 7.80. The van der Waals surface area contributed by atoms with Gasteiger partial charge in [-0.2, -0.15) is 0 Å². The molecule has 5 nitrogen and oxygen atoms in total. The molecule has 2 heterocycles. The number of aromatic amines is 1. The molecule has 1 saturated heterocycles. The molecule has 0 aliphatic carbocycles. The number of carbonyl (C=O) groups is 2. The van der Waals surface area contributed by atoms with Gasteiger partial charge in [-0.15, -0.1) is 0 Å². The van der Waals surface area contributed by atoms with Crippen LogP contribution in [-0.2, 0) is 16.0 Å². The molecule has 0 saturated carbocycles. The van der Waals surface area contributed by atoms with Crippen LogP contribution in [0.2, 0.25) is 5.02 Å². The first-order chi connectivity index (χ1) is 13.9. The highest BCUT2D eigenvalue weighted by atomic mass is 35.5. The van der Waals surface area contributed by atoms with Crippen LogP contribution in [0.5, 0.6) is 0 Å². The Balaban J connectivity index is 1.38. The normalized spacial score (nSPS) is 16.6. The van der Waals surface area contributed by atoms with Crippen molar-refractivity contribution in [2.75, 3.05) is 18.4 Å². The Morgan fingerprint density at radius 1 is 1.24 bits per heavy atom. The Morgan fingerprint density at radius 3 is 2.86 bits per heavy atom. The van der Waals surface area contributed by atoms with Gasteiger partial charge in [0.05, 0.1) is 5.92 Å². The predicted octanol–water partition coefficient (Wildman–Crippen LogP) is 4.47. The van der Waals surface area contributed by atoms with Crippen LogP contribution in [0.3, 0.4) is 0 Å². The summed E-state index contributed by atoms with van der Waals surface area (Å²) in [5, 5.41) is 4.75. The van der Waals surface area contributed by atoms with Crippen molar-refractivity contribution in [1.29, 1.82) is 0 Å². The number of rotatable bonds is 5. The van der Waals surface area contributed by atoms with Crippen LogP contribution in [0.4, 0.5) is 5.69 Å². The summed E-state index contributed by atoms with van der Waals surface area (Å²) < 4.78 is 0. The Kier molecular flexibility index (Phi) is 5.33. The van der Waals surface area contributed by atoms with E-state index in [4.69, 9.17) is 11.6 Å². The summed E-state index contributed by atoms with van der Waals surface area (Å²) in [5.41, 5.74) is 5.14. The van der Waals surface area contributed by atoms with Crippen LogP contribution in [0.25, 0.3) is 10.9 Å². The molecule has 2 N–H and O–H groups in total. The highest BCUT2D eigenvalue weighted by Gasteiger charge is 2.34. The number of anilines is 1. The topological polar surface area (TPSA) is 65.2 Å². The van der Waals surface area contributed by atoms with E-state index in [0.717, 1.165) is 39.7 Å². The number of likely N-dealkylation sites (tertiary alicyclic amines) is 1.